The normalized spacial score (nSPS) is 9.42. The van der Waals surface area contributed by atoms with E-state index >= 15 is 0 Å². The lowest BCUT2D eigenvalue weighted by molar-refractivity contribution is 0.0529. The smallest absolute Gasteiger partial charge is 0.350 e. The van der Waals surface area contributed by atoms with Gasteiger partial charge in [0.1, 0.15) is 10.6 Å². The molecule has 64 valence electrons. The zero-order valence-corrected chi connectivity index (χ0v) is 7.26. The lowest BCUT2D eigenvalue weighted by atomic mass is 10.4. The van der Waals surface area contributed by atoms with Gasteiger partial charge in [0.2, 0.25) is 0 Å². The van der Waals surface area contributed by atoms with Crippen molar-refractivity contribution < 1.29 is 14.3 Å². The molecule has 1 rings (SSSR count). The molecule has 0 aliphatic heterocycles. The highest BCUT2D eigenvalue weighted by atomic mass is 32.1. The Morgan fingerprint density at radius 2 is 2.58 bits per heavy atom. The van der Waals surface area contributed by atoms with E-state index in [0.29, 0.717) is 12.9 Å². The van der Waals surface area contributed by atoms with E-state index in [1.54, 1.807) is 6.92 Å². The van der Waals surface area contributed by atoms with Gasteiger partial charge in [-0.3, -0.25) is 4.79 Å². The molecule has 0 saturated heterocycles. The lowest BCUT2D eigenvalue weighted by Crippen LogP contribution is -2.05. The molecule has 0 radical (unpaired) electrons. The summed E-state index contributed by atoms with van der Waals surface area (Å²) < 4.78 is 4.70. The van der Waals surface area contributed by atoms with Crippen LogP contribution in [0, 0.1) is 0 Å². The number of carbonyl (C=O) groups is 2. The molecule has 0 aliphatic carbocycles. The van der Waals surface area contributed by atoms with Crippen molar-refractivity contribution in [1.82, 2.24) is 4.98 Å². The highest BCUT2D eigenvalue weighted by molar-refractivity contribution is 7.12. The van der Waals surface area contributed by atoms with Crippen molar-refractivity contribution in [1.29, 1.82) is 0 Å². The first kappa shape index (κ1) is 8.86. The summed E-state index contributed by atoms with van der Waals surface area (Å²) in [6, 6.07) is 0. The minimum absolute atomic E-state index is 0.151. The highest BCUT2D eigenvalue weighted by Gasteiger charge is 2.14. The number of ether oxygens (including phenoxy) is 1. The fraction of sp³-hybridized carbons (Fsp3) is 0.286. The number of aromatic nitrogens is 1. The molecule has 0 spiro atoms. The maximum Gasteiger partial charge on any atom is 0.350 e. The summed E-state index contributed by atoms with van der Waals surface area (Å²) >= 11 is 1.11. The summed E-state index contributed by atoms with van der Waals surface area (Å²) in [4.78, 5) is 25.4. The van der Waals surface area contributed by atoms with Gasteiger partial charge in [0.05, 0.1) is 12.1 Å². The maximum atomic E-state index is 11.1. The van der Waals surface area contributed by atoms with E-state index in [-0.39, 0.29) is 10.6 Å². The molecule has 12 heavy (non-hydrogen) atoms. The van der Waals surface area contributed by atoms with Gasteiger partial charge >= 0.3 is 5.97 Å². The van der Waals surface area contributed by atoms with Gasteiger partial charge in [0.15, 0.2) is 6.29 Å². The van der Waals surface area contributed by atoms with Crippen molar-refractivity contribution in [3.63, 3.8) is 0 Å². The van der Waals surface area contributed by atoms with Crippen LogP contribution in [-0.2, 0) is 4.74 Å². The predicted octanol–water partition coefficient (Wildman–Crippen LogP) is 1.13. The van der Waals surface area contributed by atoms with E-state index in [0.717, 1.165) is 11.3 Å². The molecule has 1 heterocycles. The fourth-order valence-electron chi connectivity index (χ4n) is 0.688. The number of esters is 1. The molecular weight excluding hydrogens is 178 g/mol. The van der Waals surface area contributed by atoms with E-state index in [9.17, 15) is 9.59 Å². The molecule has 0 unspecified atom stereocenters. The SMILES string of the molecule is CCOC(=O)c1scnc1C=O. The molecule has 0 bridgehead atoms. The molecule has 0 amide bonds. The van der Waals surface area contributed by atoms with Gasteiger partial charge in [0, 0.05) is 0 Å². The van der Waals surface area contributed by atoms with Crippen LogP contribution in [0.5, 0.6) is 0 Å². The average Bonchev–Trinajstić information content (AvgIpc) is 2.51. The third-order valence-corrected chi connectivity index (χ3v) is 1.99. The van der Waals surface area contributed by atoms with E-state index in [2.05, 4.69) is 4.98 Å². The maximum absolute atomic E-state index is 11.1. The molecule has 1 aromatic rings. The second-order valence-electron chi connectivity index (χ2n) is 1.91. The summed E-state index contributed by atoms with van der Waals surface area (Å²) in [5, 5.41) is 0. The Bertz CT molecular complexity index is 295. The Morgan fingerprint density at radius 1 is 1.83 bits per heavy atom. The van der Waals surface area contributed by atoms with Crippen LogP contribution < -0.4 is 0 Å². The van der Waals surface area contributed by atoms with Crippen molar-refractivity contribution in [3.8, 4) is 0 Å². The largest absolute Gasteiger partial charge is 0.462 e. The molecule has 0 saturated carbocycles. The van der Waals surface area contributed by atoms with Crippen LogP contribution in [0.1, 0.15) is 27.1 Å². The van der Waals surface area contributed by atoms with Crippen LogP contribution in [0.3, 0.4) is 0 Å². The van der Waals surface area contributed by atoms with E-state index in [1.807, 2.05) is 0 Å². The van der Waals surface area contributed by atoms with Gasteiger partial charge in [-0.15, -0.1) is 11.3 Å². The highest BCUT2D eigenvalue weighted by Crippen LogP contribution is 2.12. The summed E-state index contributed by atoms with van der Waals surface area (Å²) in [5.41, 5.74) is 1.59. The molecule has 0 fully saturated rings. The first-order valence-corrected chi connectivity index (χ1v) is 4.23. The van der Waals surface area contributed by atoms with Gasteiger partial charge in [0.25, 0.3) is 0 Å². The second kappa shape index (κ2) is 3.96. The number of nitrogens with zero attached hydrogens (tertiary/aromatic N) is 1. The second-order valence-corrected chi connectivity index (χ2v) is 2.76. The fourth-order valence-corrected chi connectivity index (χ4v) is 1.34. The van der Waals surface area contributed by atoms with Crippen molar-refractivity contribution in [2.45, 2.75) is 6.92 Å². The number of thiazole rings is 1. The number of rotatable bonds is 3. The third kappa shape index (κ3) is 1.68. The first-order valence-electron chi connectivity index (χ1n) is 3.35. The monoisotopic (exact) mass is 185 g/mol. The van der Waals surface area contributed by atoms with Crippen LogP contribution >= 0.6 is 11.3 Å². The van der Waals surface area contributed by atoms with Gasteiger partial charge in [-0.1, -0.05) is 0 Å². The average molecular weight is 185 g/mol. The Morgan fingerprint density at radius 3 is 3.17 bits per heavy atom. The van der Waals surface area contributed by atoms with Crippen molar-refractivity contribution in [2.24, 2.45) is 0 Å². The third-order valence-electron chi connectivity index (χ3n) is 1.17. The van der Waals surface area contributed by atoms with Crippen molar-refractivity contribution in [2.75, 3.05) is 6.61 Å². The topological polar surface area (TPSA) is 56.3 Å². The number of hydrogen-bond donors (Lipinski definition) is 0. The van der Waals surface area contributed by atoms with Crippen molar-refractivity contribution in [3.05, 3.63) is 16.1 Å². The molecule has 0 aliphatic rings. The van der Waals surface area contributed by atoms with Crippen molar-refractivity contribution >= 4 is 23.6 Å². The van der Waals surface area contributed by atoms with Crippen LogP contribution in [-0.4, -0.2) is 23.8 Å². The van der Waals surface area contributed by atoms with E-state index < -0.39 is 5.97 Å². The predicted molar refractivity (Wildman–Crippen MR) is 43.5 cm³/mol. The molecule has 5 heteroatoms. The molecule has 1 aromatic heterocycles. The first-order chi connectivity index (χ1) is 5.79. The Labute approximate surface area is 73.2 Å². The molecule has 0 aromatic carbocycles. The Balaban J connectivity index is 2.86. The standard InChI is InChI=1S/C7H7NO3S/c1-2-11-7(10)6-5(3-9)8-4-12-6/h3-4H,2H2,1H3. The molecule has 0 N–H and O–H groups in total. The van der Waals surface area contributed by atoms with E-state index in [4.69, 9.17) is 4.74 Å². The van der Waals surface area contributed by atoms with Gasteiger partial charge in [-0.2, -0.15) is 0 Å². The number of hydrogen-bond acceptors (Lipinski definition) is 5. The lowest BCUT2D eigenvalue weighted by Gasteiger charge is -1.97. The molecular formula is C7H7NO3S. The summed E-state index contributed by atoms with van der Waals surface area (Å²) in [7, 11) is 0. The summed E-state index contributed by atoms with van der Waals surface area (Å²) in [6.45, 7) is 2.01. The van der Waals surface area contributed by atoms with Crippen LogP contribution in [0.2, 0.25) is 0 Å². The van der Waals surface area contributed by atoms with Crippen LogP contribution in [0.25, 0.3) is 0 Å². The Kier molecular flexibility index (Phi) is 2.93. The zero-order valence-electron chi connectivity index (χ0n) is 6.44. The van der Waals surface area contributed by atoms with Crippen LogP contribution in [0.15, 0.2) is 5.51 Å². The number of carbonyl (C=O) groups excluding carboxylic acids is 2. The summed E-state index contributed by atoms with van der Waals surface area (Å²) in [5.74, 6) is -0.484. The van der Waals surface area contributed by atoms with Crippen LogP contribution in [0.4, 0.5) is 0 Å². The summed E-state index contributed by atoms with van der Waals surface area (Å²) in [6.07, 6.45) is 0.544. The minimum Gasteiger partial charge on any atom is -0.462 e. The van der Waals surface area contributed by atoms with E-state index in [1.165, 1.54) is 5.51 Å². The molecule has 4 nitrogen and oxygen atoms in total. The van der Waals surface area contributed by atoms with Gasteiger partial charge in [-0.05, 0) is 6.92 Å². The van der Waals surface area contributed by atoms with Gasteiger partial charge < -0.3 is 4.74 Å². The number of aldehydes is 1. The quantitative estimate of drug-likeness (QED) is 0.523. The zero-order chi connectivity index (χ0) is 8.97. The van der Waals surface area contributed by atoms with Gasteiger partial charge in [-0.25, -0.2) is 9.78 Å². The Hall–Kier alpha value is -1.23. The molecule has 0 atom stereocenters. The minimum atomic E-state index is -0.484.